The maximum absolute atomic E-state index is 6.20. The number of rotatable bonds is 6. The van der Waals surface area contributed by atoms with E-state index in [4.69, 9.17) is 16.7 Å². The first-order valence-electron chi connectivity index (χ1n) is 8.57. The molecule has 0 heterocycles. The third-order valence-electron chi connectivity index (χ3n) is 4.14. The van der Waals surface area contributed by atoms with E-state index < -0.39 is 0 Å². The van der Waals surface area contributed by atoms with Gasteiger partial charge in [0.1, 0.15) is 0 Å². The van der Waals surface area contributed by atoms with Crippen molar-refractivity contribution in [2.75, 3.05) is 17.4 Å². The van der Waals surface area contributed by atoms with Gasteiger partial charge in [0.05, 0.1) is 17.9 Å². The molecule has 0 fully saturated rings. The van der Waals surface area contributed by atoms with E-state index in [-0.39, 0.29) is 0 Å². The molecule has 0 atom stereocenters. The van der Waals surface area contributed by atoms with Crippen LogP contribution in [0.25, 0.3) is 0 Å². The van der Waals surface area contributed by atoms with Crippen LogP contribution >= 0.6 is 11.6 Å². The van der Waals surface area contributed by atoms with E-state index in [0.717, 1.165) is 22.6 Å². The second-order valence-corrected chi connectivity index (χ2v) is 6.44. The standard InChI is InChI=1S/C22H22ClN3/c1-17(21-15-19(23)13-14-22(21)24-2)25-26(20-11-7-4-8-12-20)16-18-9-5-3-6-10-18/h3-15,24H,16H2,1-2H3/b25-17-. The predicted octanol–water partition coefficient (Wildman–Crippen LogP) is 5.81. The van der Waals surface area contributed by atoms with Crippen LogP contribution in [0.15, 0.2) is 84.0 Å². The van der Waals surface area contributed by atoms with Gasteiger partial charge in [0.15, 0.2) is 0 Å². The molecule has 0 spiro atoms. The minimum atomic E-state index is 0.692. The zero-order valence-corrected chi connectivity index (χ0v) is 15.7. The Labute approximate surface area is 159 Å². The molecular formula is C22H22ClN3. The molecule has 4 heteroatoms. The smallest absolute Gasteiger partial charge is 0.0672 e. The number of para-hydroxylation sites is 1. The summed E-state index contributed by atoms with van der Waals surface area (Å²) in [6, 6.07) is 26.3. The molecule has 0 radical (unpaired) electrons. The Morgan fingerprint density at radius 3 is 2.27 bits per heavy atom. The highest BCUT2D eigenvalue weighted by Crippen LogP contribution is 2.23. The maximum atomic E-state index is 6.20. The fourth-order valence-electron chi connectivity index (χ4n) is 2.81. The van der Waals surface area contributed by atoms with Crippen LogP contribution in [0, 0.1) is 0 Å². The Balaban J connectivity index is 1.99. The van der Waals surface area contributed by atoms with Gasteiger partial charge in [0.2, 0.25) is 0 Å². The van der Waals surface area contributed by atoms with Crippen LogP contribution in [0.2, 0.25) is 5.02 Å². The minimum absolute atomic E-state index is 0.692. The van der Waals surface area contributed by atoms with E-state index in [9.17, 15) is 0 Å². The summed E-state index contributed by atoms with van der Waals surface area (Å²) in [6.07, 6.45) is 0. The Hall–Kier alpha value is -2.78. The van der Waals surface area contributed by atoms with Crippen molar-refractivity contribution in [2.24, 2.45) is 5.10 Å². The molecule has 0 aliphatic heterocycles. The molecule has 0 amide bonds. The van der Waals surface area contributed by atoms with E-state index in [1.54, 1.807) is 0 Å². The van der Waals surface area contributed by atoms with Gasteiger partial charge in [-0.05, 0) is 42.8 Å². The van der Waals surface area contributed by atoms with Crippen LogP contribution in [0.3, 0.4) is 0 Å². The highest BCUT2D eigenvalue weighted by Gasteiger charge is 2.10. The molecule has 3 aromatic carbocycles. The number of nitrogens with one attached hydrogen (secondary N) is 1. The van der Waals surface area contributed by atoms with E-state index in [2.05, 4.69) is 29.6 Å². The van der Waals surface area contributed by atoms with Crippen molar-refractivity contribution >= 4 is 28.7 Å². The van der Waals surface area contributed by atoms with Gasteiger partial charge in [-0.3, -0.25) is 5.01 Å². The number of benzene rings is 3. The van der Waals surface area contributed by atoms with Gasteiger partial charge < -0.3 is 5.32 Å². The Bertz CT molecular complexity index is 876. The van der Waals surface area contributed by atoms with Crippen molar-refractivity contribution in [1.29, 1.82) is 0 Å². The lowest BCUT2D eigenvalue weighted by Gasteiger charge is -2.21. The lowest BCUT2D eigenvalue weighted by atomic mass is 10.1. The van der Waals surface area contributed by atoms with Crippen LogP contribution in [-0.2, 0) is 6.54 Å². The summed E-state index contributed by atoms with van der Waals surface area (Å²) >= 11 is 6.20. The highest BCUT2D eigenvalue weighted by atomic mass is 35.5. The number of halogens is 1. The van der Waals surface area contributed by atoms with Gasteiger partial charge in [-0.2, -0.15) is 5.10 Å². The summed E-state index contributed by atoms with van der Waals surface area (Å²) in [5.41, 5.74) is 5.14. The van der Waals surface area contributed by atoms with Crippen molar-refractivity contribution in [3.8, 4) is 0 Å². The molecule has 0 saturated carbocycles. The third-order valence-corrected chi connectivity index (χ3v) is 4.38. The van der Waals surface area contributed by atoms with Crippen molar-refractivity contribution in [1.82, 2.24) is 0 Å². The molecule has 1 N–H and O–H groups in total. The van der Waals surface area contributed by atoms with Gasteiger partial charge in [-0.25, -0.2) is 0 Å². The average molecular weight is 364 g/mol. The molecule has 0 saturated heterocycles. The monoisotopic (exact) mass is 363 g/mol. The molecule has 26 heavy (non-hydrogen) atoms. The molecule has 0 bridgehead atoms. The summed E-state index contributed by atoms with van der Waals surface area (Å²) < 4.78 is 0. The molecular weight excluding hydrogens is 342 g/mol. The van der Waals surface area contributed by atoms with Crippen LogP contribution < -0.4 is 10.3 Å². The number of hydrogen-bond acceptors (Lipinski definition) is 3. The normalized spacial score (nSPS) is 11.3. The lowest BCUT2D eigenvalue weighted by Crippen LogP contribution is -2.18. The fraction of sp³-hybridized carbons (Fsp3) is 0.136. The van der Waals surface area contributed by atoms with Crippen LogP contribution in [0.4, 0.5) is 11.4 Å². The van der Waals surface area contributed by atoms with E-state index in [1.165, 1.54) is 5.56 Å². The van der Waals surface area contributed by atoms with E-state index in [1.807, 2.05) is 73.6 Å². The summed E-state index contributed by atoms with van der Waals surface area (Å²) in [6.45, 7) is 2.70. The van der Waals surface area contributed by atoms with Crippen molar-refractivity contribution < 1.29 is 0 Å². The molecule has 3 rings (SSSR count). The summed E-state index contributed by atoms with van der Waals surface area (Å²) in [5, 5.41) is 10.8. The molecule has 0 aliphatic rings. The summed E-state index contributed by atoms with van der Waals surface area (Å²) in [7, 11) is 1.90. The topological polar surface area (TPSA) is 27.6 Å². The molecule has 0 unspecified atom stereocenters. The first-order chi connectivity index (χ1) is 12.7. The number of anilines is 2. The van der Waals surface area contributed by atoms with Gasteiger partial charge in [-0.1, -0.05) is 60.1 Å². The Morgan fingerprint density at radius 2 is 1.62 bits per heavy atom. The number of hydrazone groups is 1. The Morgan fingerprint density at radius 1 is 0.962 bits per heavy atom. The lowest BCUT2D eigenvalue weighted by molar-refractivity contribution is 0.854. The average Bonchev–Trinajstić information content (AvgIpc) is 2.69. The molecule has 3 aromatic rings. The van der Waals surface area contributed by atoms with E-state index >= 15 is 0 Å². The third kappa shape index (κ3) is 4.44. The van der Waals surface area contributed by atoms with Crippen molar-refractivity contribution in [3.63, 3.8) is 0 Å². The minimum Gasteiger partial charge on any atom is -0.388 e. The van der Waals surface area contributed by atoms with Gasteiger partial charge in [0.25, 0.3) is 0 Å². The van der Waals surface area contributed by atoms with Crippen LogP contribution in [-0.4, -0.2) is 12.8 Å². The molecule has 0 aromatic heterocycles. The van der Waals surface area contributed by atoms with Crippen LogP contribution in [0.5, 0.6) is 0 Å². The highest BCUT2D eigenvalue weighted by molar-refractivity contribution is 6.31. The van der Waals surface area contributed by atoms with Gasteiger partial charge in [0, 0.05) is 23.3 Å². The van der Waals surface area contributed by atoms with Crippen molar-refractivity contribution in [2.45, 2.75) is 13.5 Å². The quantitative estimate of drug-likeness (QED) is 0.442. The maximum Gasteiger partial charge on any atom is 0.0672 e. The second kappa shape index (κ2) is 8.54. The number of hydrogen-bond donors (Lipinski definition) is 1. The molecule has 0 aliphatic carbocycles. The SMILES string of the molecule is CNc1ccc(Cl)cc1/C(C)=N\N(Cc1ccccc1)c1ccccc1. The second-order valence-electron chi connectivity index (χ2n) is 6.00. The largest absolute Gasteiger partial charge is 0.388 e. The predicted molar refractivity (Wildman–Crippen MR) is 112 cm³/mol. The number of nitrogens with zero attached hydrogens (tertiary/aromatic N) is 2. The fourth-order valence-corrected chi connectivity index (χ4v) is 2.98. The van der Waals surface area contributed by atoms with Crippen LogP contribution in [0.1, 0.15) is 18.1 Å². The zero-order valence-electron chi connectivity index (χ0n) is 15.0. The molecule has 132 valence electrons. The Kier molecular flexibility index (Phi) is 5.92. The van der Waals surface area contributed by atoms with E-state index in [0.29, 0.717) is 11.6 Å². The van der Waals surface area contributed by atoms with Gasteiger partial charge >= 0.3 is 0 Å². The zero-order chi connectivity index (χ0) is 18.4. The summed E-state index contributed by atoms with van der Waals surface area (Å²) in [4.78, 5) is 0. The first kappa shape index (κ1) is 18.0. The molecule has 3 nitrogen and oxygen atoms in total. The first-order valence-corrected chi connectivity index (χ1v) is 8.94. The van der Waals surface area contributed by atoms with Gasteiger partial charge in [-0.15, -0.1) is 0 Å². The van der Waals surface area contributed by atoms with Crippen molar-refractivity contribution in [3.05, 3.63) is 95.0 Å². The summed E-state index contributed by atoms with van der Waals surface area (Å²) in [5.74, 6) is 0.